The lowest BCUT2D eigenvalue weighted by Crippen LogP contribution is -2.38. The van der Waals surface area contributed by atoms with Crippen LogP contribution in [0.5, 0.6) is 0 Å². The fourth-order valence-electron chi connectivity index (χ4n) is 2.55. The van der Waals surface area contributed by atoms with Crippen LogP contribution in [-0.2, 0) is 14.8 Å². The summed E-state index contributed by atoms with van der Waals surface area (Å²) in [6.07, 6.45) is 1.78. The average Bonchev–Trinajstić information content (AvgIpc) is 2.65. The van der Waals surface area contributed by atoms with Crippen molar-refractivity contribution in [2.75, 3.05) is 22.4 Å². The molecule has 2 aromatic rings. The number of hydrogen-bond acceptors (Lipinski definition) is 4. The number of carbonyl (C=O) groups excluding carboxylic acids is 2. The van der Waals surface area contributed by atoms with Gasteiger partial charge in [-0.05, 0) is 43.7 Å². The van der Waals surface area contributed by atoms with Gasteiger partial charge in [-0.15, -0.1) is 0 Å². The Morgan fingerprint density at radius 1 is 1.14 bits per heavy atom. The van der Waals surface area contributed by atoms with Gasteiger partial charge in [-0.1, -0.05) is 36.7 Å². The van der Waals surface area contributed by atoms with Crippen LogP contribution in [-0.4, -0.2) is 39.1 Å². The highest BCUT2D eigenvalue weighted by molar-refractivity contribution is 7.92. The Morgan fingerprint density at radius 3 is 2.45 bits per heavy atom. The lowest BCUT2D eigenvalue weighted by molar-refractivity contribution is -0.114. The van der Waals surface area contributed by atoms with Crippen molar-refractivity contribution in [1.82, 2.24) is 5.32 Å². The van der Waals surface area contributed by atoms with Crippen molar-refractivity contribution in [1.29, 1.82) is 0 Å². The first kappa shape index (κ1) is 22.7. The Balaban J connectivity index is 2.22. The lowest BCUT2D eigenvalue weighted by atomic mass is 10.1. The third-order valence-corrected chi connectivity index (χ3v) is 5.60. The molecule has 1 atom stereocenters. The minimum absolute atomic E-state index is 0.0187. The van der Waals surface area contributed by atoms with Gasteiger partial charge in [0.1, 0.15) is 6.54 Å². The van der Waals surface area contributed by atoms with E-state index in [4.69, 9.17) is 11.6 Å². The second kappa shape index (κ2) is 9.76. The standard InChI is InChI=1S/C20H24ClN3O4S/c1-4-14(2)22-20(26)17-10-5-6-11-18(17)23-19(25)13-24(29(3,27)28)16-9-7-8-15(21)12-16/h5-12,14H,4,13H2,1-3H3,(H,22,26)(H,23,25). The van der Waals surface area contributed by atoms with E-state index in [1.165, 1.54) is 6.07 Å². The number of anilines is 2. The Kier molecular flexibility index (Phi) is 7.64. The van der Waals surface area contributed by atoms with E-state index in [1.54, 1.807) is 42.5 Å². The predicted molar refractivity (Wildman–Crippen MR) is 116 cm³/mol. The van der Waals surface area contributed by atoms with E-state index >= 15 is 0 Å². The number of nitrogens with zero attached hydrogens (tertiary/aromatic N) is 1. The summed E-state index contributed by atoms with van der Waals surface area (Å²) in [4.78, 5) is 25.1. The second-order valence-corrected chi connectivity index (χ2v) is 8.97. The van der Waals surface area contributed by atoms with E-state index in [9.17, 15) is 18.0 Å². The molecule has 29 heavy (non-hydrogen) atoms. The molecule has 0 aliphatic heterocycles. The number of halogens is 1. The molecular formula is C20H24ClN3O4S. The highest BCUT2D eigenvalue weighted by atomic mass is 35.5. The molecule has 0 aliphatic rings. The molecule has 7 nitrogen and oxygen atoms in total. The van der Waals surface area contributed by atoms with Crippen LogP contribution in [0.2, 0.25) is 5.02 Å². The largest absolute Gasteiger partial charge is 0.350 e. The number of rotatable bonds is 8. The van der Waals surface area contributed by atoms with Crippen molar-refractivity contribution < 1.29 is 18.0 Å². The van der Waals surface area contributed by atoms with Gasteiger partial charge >= 0.3 is 0 Å². The van der Waals surface area contributed by atoms with Gasteiger partial charge < -0.3 is 10.6 Å². The Morgan fingerprint density at radius 2 is 1.83 bits per heavy atom. The summed E-state index contributed by atoms with van der Waals surface area (Å²) in [6, 6.07) is 12.8. The van der Waals surface area contributed by atoms with Crippen LogP contribution in [0, 0.1) is 0 Å². The van der Waals surface area contributed by atoms with Gasteiger partial charge in [0.25, 0.3) is 5.91 Å². The topological polar surface area (TPSA) is 95.6 Å². The molecule has 0 fully saturated rings. The fraction of sp³-hybridized carbons (Fsp3) is 0.300. The van der Waals surface area contributed by atoms with Crippen molar-refractivity contribution in [3.05, 3.63) is 59.1 Å². The maximum atomic E-state index is 12.6. The van der Waals surface area contributed by atoms with Crippen LogP contribution in [0.1, 0.15) is 30.6 Å². The van der Waals surface area contributed by atoms with Crippen LogP contribution in [0.4, 0.5) is 11.4 Å². The van der Waals surface area contributed by atoms with Gasteiger partial charge in [-0.25, -0.2) is 8.42 Å². The van der Waals surface area contributed by atoms with E-state index in [0.29, 0.717) is 16.3 Å². The van der Waals surface area contributed by atoms with Crippen LogP contribution in [0.3, 0.4) is 0 Å². The molecule has 0 aliphatic carbocycles. The first-order valence-corrected chi connectivity index (χ1v) is 11.3. The maximum absolute atomic E-state index is 12.6. The van der Waals surface area contributed by atoms with Gasteiger partial charge in [0.05, 0.1) is 23.2 Å². The minimum Gasteiger partial charge on any atom is -0.350 e. The van der Waals surface area contributed by atoms with E-state index in [2.05, 4.69) is 10.6 Å². The molecule has 2 rings (SSSR count). The first-order valence-electron chi connectivity index (χ1n) is 9.04. The van der Waals surface area contributed by atoms with Crippen molar-refractivity contribution in [3.63, 3.8) is 0 Å². The summed E-state index contributed by atoms with van der Waals surface area (Å²) in [5.41, 5.74) is 0.880. The van der Waals surface area contributed by atoms with E-state index in [-0.39, 0.29) is 17.6 Å². The molecule has 0 saturated carbocycles. The molecule has 0 heterocycles. The van der Waals surface area contributed by atoms with Crippen molar-refractivity contribution in [3.8, 4) is 0 Å². The molecule has 0 radical (unpaired) electrons. The van der Waals surface area contributed by atoms with Gasteiger partial charge in [-0.2, -0.15) is 0 Å². The molecule has 0 spiro atoms. The molecule has 9 heteroatoms. The SMILES string of the molecule is CCC(C)NC(=O)c1ccccc1NC(=O)CN(c1cccc(Cl)c1)S(C)(=O)=O. The first-order chi connectivity index (χ1) is 13.6. The zero-order valence-corrected chi connectivity index (χ0v) is 18.0. The van der Waals surface area contributed by atoms with Gasteiger partial charge in [0, 0.05) is 11.1 Å². The second-order valence-electron chi connectivity index (χ2n) is 6.63. The summed E-state index contributed by atoms with van der Waals surface area (Å²) in [5.74, 6) is -0.899. The molecule has 0 aromatic heterocycles. The van der Waals surface area contributed by atoms with Crippen LogP contribution in [0.15, 0.2) is 48.5 Å². The lowest BCUT2D eigenvalue weighted by Gasteiger charge is -2.22. The monoisotopic (exact) mass is 437 g/mol. The molecule has 2 amide bonds. The van der Waals surface area contributed by atoms with Gasteiger partial charge in [0.2, 0.25) is 15.9 Å². The van der Waals surface area contributed by atoms with Crippen LogP contribution in [0.25, 0.3) is 0 Å². The zero-order chi connectivity index (χ0) is 21.6. The normalized spacial score (nSPS) is 12.1. The number of carbonyl (C=O) groups is 2. The third-order valence-electron chi connectivity index (χ3n) is 4.22. The molecule has 2 aromatic carbocycles. The summed E-state index contributed by atoms with van der Waals surface area (Å²) >= 11 is 5.95. The Hall–Kier alpha value is -2.58. The number of benzene rings is 2. The van der Waals surface area contributed by atoms with Gasteiger partial charge in [0.15, 0.2) is 0 Å². The quantitative estimate of drug-likeness (QED) is 0.662. The summed E-state index contributed by atoms with van der Waals surface area (Å²) in [7, 11) is -3.73. The summed E-state index contributed by atoms with van der Waals surface area (Å²) in [5, 5.41) is 5.83. The smallest absolute Gasteiger partial charge is 0.253 e. The van der Waals surface area contributed by atoms with Crippen molar-refractivity contribution >= 4 is 44.8 Å². The van der Waals surface area contributed by atoms with E-state index in [1.807, 2.05) is 13.8 Å². The fourth-order valence-corrected chi connectivity index (χ4v) is 3.58. The Bertz CT molecular complexity index is 995. The number of amides is 2. The highest BCUT2D eigenvalue weighted by Crippen LogP contribution is 2.22. The number of hydrogen-bond donors (Lipinski definition) is 2. The number of para-hydroxylation sites is 1. The minimum atomic E-state index is -3.73. The molecule has 156 valence electrons. The van der Waals surface area contributed by atoms with Crippen molar-refractivity contribution in [2.45, 2.75) is 26.3 Å². The average molecular weight is 438 g/mol. The molecule has 0 saturated heterocycles. The molecule has 2 N–H and O–H groups in total. The van der Waals surface area contributed by atoms with Crippen molar-refractivity contribution in [2.24, 2.45) is 0 Å². The summed E-state index contributed by atoms with van der Waals surface area (Å²) in [6.45, 7) is 3.38. The van der Waals surface area contributed by atoms with Crippen LogP contribution < -0.4 is 14.9 Å². The molecule has 0 bridgehead atoms. The highest BCUT2D eigenvalue weighted by Gasteiger charge is 2.22. The summed E-state index contributed by atoms with van der Waals surface area (Å²) < 4.78 is 25.4. The van der Waals surface area contributed by atoms with Crippen LogP contribution >= 0.6 is 11.6 Å². The maximum Gasteiger partial charge on any atom is 0.253 e. The zero-order valence-electron chi connectivity index (χ0n) is 16.5. The number of sulfonamides is 1. The number of nitrogens with one attached hydrogen (secondary N) is 2. The molecular weight excluding hydrogens is 414 g/mol. The molecule has 1 unspecified atom stereocenters. The van der Waals surface area contributed by atoms with E-state index in [0.717, 1.165) is 17.0 Å². The Labute approximate surface area is 176 Å². The van der Waals surface area contributed by atoms with E-state index < -0.39 is 22.5 Å². The predicted octanol–water partition coefficient (Wildman–Crippen LogP) is 3.27. The van der Waals surface area contributed by atoms with Gasteiger partial charge in [-0.3, -0.25) is 13.9 Å². The third kappa shape index (κ3) is 6.47.